The molecule has 0 radical (unpaired) electrons. The van der Waals surface area contributed by atoms with Crippen LogP contribution in [0.4, 0.5) is 18.9 Å². The van der Waals surface area contributed by atoms with Crippen molar-refractivity contribution in [2.75, 3.05) is 11.9 Å². The van der Waals surface area contributed by atoms with Gasteiger partial charge in [0, 0.05) is 18.7 Å². The average molecular weight is 272 g/mol. The van der Waals surface area contributed by atoms with Crippen molar-refractivity contribution in [1.82, 2.24) is 0 Å². The lowest BCUT2D eigenvalue weighted by atomic mass is 10.2. The number of rotatable bonds is 4. The topological polar surface area (TPSA) is 12.0 Å². The molecule has 0 atom stereocenters. The third kappa shape index (κ3) is 4.94. The normalized spacial score (nSPS) is 11.6. The highest BCUT2D eigenvalue weighted by atomic mass is 35.5. The van der Waals surface area contributed by atoms with E-state index in [2.05, 4.69) is 5.32 Å². The van der Waals surface area contributed by atoms with Gasteiger partial charge >= 0.3 is 6.18 Å². The van der Waals surface area contributed by atoms with Gasteiger partial charge in [0.2, 0.25) is 0 Å². The van der Waals surface area contributed by atoms with Gasteiger partial charge in [0.1, 0.15) is 0 Å². The zero-order valence-corrected chi connectivity index (χ0v) is 9.76. The number of benzene rings is 1. The Kier molecular flexibility index (Phi) is 4.74. The molecule has 0 aromatic heterocycles. The van der Waals surface area contributed by atoms with Crippen molar-refractivity contribution in [3.63, 3.8) is 0 Å². The number of anilines is 1. The van der Waals surface area contributed by atoms with E-state index in [0.717, 1.165) is 0 Å². The molecule has 90 valence electrons. The highest BCUT2D eigenvalue weighted by molar-refractivity contribution is 6.42. The van der Waals surface area contributed by atoms with Gasteiger partial charge < -0.3 is 5.32 Å². The summed E-state index contributed by atoms with van der Waals surface area (Å²) in [7, 11) is 0. The van der Waals surface area contributed by atoms with Crippen LogP contribution < -0.4 is 5.32 Å². The van der Waals surface area contributed by atoms with Crippen LogP contribution in [0.5, 0.6) is 0 Å². The van der Waals surface area contributed by atoms with Gasteiger partial charge in [0.15, 0.2) is 0 Å². The second-order valence-corrected chi connectivity index (χ2v) is 4.09. The minimum absolute atomic E-state index is 0.0315. The predicted octanol–water partition coefficient (Wildman–Crippen LogP) is 4.75. The van der Waals surface area contributed by atoms with Crippen LogP contribution in [-0.2, 0) is 0 Å². The van der Waals surface area contributed by atoms with Crippen LogP contribution in [0.25, 0.3) is 0 Å². The first-order valence-electron chi connectivity index (χ1n) is 4.64. The van der Waals surface area contributed by atoms with E-state index in [9.17, 15) is 13.2 Å². The second-order valence-electron chi connectivity index (χ2n) is 3.27. The van der Waals surface area contributed by atoms with E-state index in [1.54, 1.807) is 18.2 Å². The minimum atomic E-state index is -4.10. The Morgan fingerprint density at radius 1 is 1.12 bits per heavy atom. The van der Waals surface area contributed by atoms with Gasteiger partial charge in [-0.1, -0.05) is 23.2 Å². The first-order valence-corrected chi connectivity index (χ1v) is 5.40. The monoisotopic (exact) mass is 271 g/mol. The van der Waals surface area contributed by atoms with Gasteiger partial charge in [-0.3, -0.25) is 0 Å². The molecule has 0 amide bonds. The van der Waals surface area contributed by atoms with Crippen LogP contribution in [0, 0.1) is 0 Å². The fourth-order valence-corrected chi connectivity index (χ4v) is 1.43. The molecule has 0 unspecified atom stereocenters. The zero-order chi connectivity index (χ0) is 12.2. The number of nitrogens with one attached hydrogen (secondary N) is 1. The highest BCUT2D eigenvalue weighted by Gasteiger charge is 2.25. The molecule has 1 aromatic carbocycles. The molecule has 1 nitrogen and oxygen atoms in total. The Hall–Kier alpha value is -0.610. The molecule has 0 aliphatic heterocycles. The van der Waals surface area contributed by atoms with Crippen molar-refractivity contribution >= 4 is 28.9 Å². The summed E-state index contributed by atoms with van der Waals surface area (Å²) < 4.78 is 35.5. The van der Waals surface area contributed by atoms with Gasteiger partial charge in [-0.25, -0.2) is 0 Å². The summed E-state index contributed by atoms with van der Waals surface area (Å²) in [6.07, 6.45) is -4.86. The van der Waals surface area contributed by atoms with E-state index in [0.29, 0.717) is 15.7 Å². The summed E-state index contributed by atoms with van der Waals surface area (Å²) in [6, 6.07) is 4.84. The molecule has 0 heterocycles. The second kappa shape index (κ2) is 5.64. The summed E-state index contributed by atoms with van der Waals surface area (Å²) in [5.74, 6) is 0. The maximum atomic E-state index is 11.8. The Bertz CT molecular complexity index is 352. The van der Waals surface area contributed by atoms with Gasteiger partial charge in [0.05, 0.1) is 10.0 Å². The lowest BCUT2D eigenvalue weighted by Crippen LogP contribution is -2.10. The molecule has 1 rings (SSSR count). The minimum Gasteiger partial charge on any atom is -0.385 e. The SMILES string of the molecule is FC(F)(F)CCCNc1ccc(Cl)c(Cl)c1. The summed E-state index contributed by atoms with van der Waals surface area (Å²) >= 11 is 11.4. The standard InChI is InChI=1S/C10H10Cl2F3N/c11-8-3-2-7(6-9(8)12)16-5-1-4-10(13,14)15/h2-3,6,16H,1,4-5H2. The van der Waals surface area contributed by atoms with Crippen LogP contribution in [0.3, 0.4) is 0 Å². The number of hydrogen-bond donors (Lipinski definition) is 1. The summed E-state index contributed by atoms with van der Waals surface area (Å²) in [6.45, 7) is 0.247. The molecule has 0 bridgehead atoms. The zero-order valence-electron chi connectivity index (χ0n) is 8.24. The van der Waals surface area contributed by atoms with Crippen LogP contribution in [-0.4, -0.2) is 12.7 Å². The number of alkyl halides is 3. The van der Waals surface area contributed by atoms with Crippen molar-refractivity contribution in [3.8, 4) is 0 Å². The maximum absolute atomic E-state index is 11.8. The van der Waals surface area contributed by atoms with Gasteiger partial charge in [-0.2, -0.15) is 13.2 Å². The molecule has 1 aromatic rings. The van der Waals surface area contributed by atoms with Crippen molar-refractivity contribution in [3.05, 3.63) is 28.2 Å². The third-order valence-electron chi connectivity index (χ3n) is 1.89. The average Bonchev–Trinajstić information content (AvgIpc) is 2.17. The molecular formula is C10H10Cl2F3N. The number of hydrogen-bond acceptors (Lipinski definition) is 1. The highest BCUT2D eigenvalue weighted by Crippen LogP contribution is 2.25. The molecule has 0 aliphatic carbocycles. The van der Waals surface area contributed by atoms with E-state index in [1.807, 2.05) is 0 Å². The van der Waals surface area contributed by atoms with Crippen molar-refractivity contribution in [1.29, 1.82) is 0 Å². The lowest BCUT2D eigenvalue weighted by Gasteiger charge is -2.08. The molecule has 0 fully saturated rings. The molecule has 16 heavy (non-hydrogen) atoms. The van der Waals surface area contributed by atoms with E-state index in [4.69, 9.17) is 23.2 Å². The summed E-state index contributed by atoms with van der Waals surface area (Å²) in [5.41, 5.74) is 0.663. The predicted molar refractivity (Wildman–Crippen MR) is 60.2 cm³/mol. The molecule has 0 saturated carbocycles. The van der Waals surface area contributed by atoms with Crippen LogP contribution in [0.15, 0.2) is 18.2 Å². The van der Waals surface area contributed by atoms with Crippen molar-refractivity contribution < 1.29 is 13.2 Å². The van der Waals surface area contributed by atoms with Crippen LogP contribution >= 0.6 is 23.2 Å². The Labute approximate surface area is 102 Å². The molecule has 0 aliphatic rings. The first-order chi connectivity index (χ1) is 7.38. The van der Waals surface area contributed by atoms with Crippen molar-refractivity contribution in [2.45, 2.75) is 19.0 Å². The Morgan fingerprint density at radius 2 is 1.81 bits per heavy atom. The third-order valence-corrected chi connectivity index (χ3v) is 2.62. The van der Waals surface area contributed by atoms with Gasteiger partial charge in [0.25, 0.3) is 0 Å². The summed E-state index contributed by atoms with van der Waals surface area (Å²) in [4.78, 5) is 0. The quantitative estimate of drug-likeness (QED) is 0.780. The molecule has 0 spiro atoms. The van der Waals surface area contributed by atoms with Crippen LogP contribution in [0.2, 0.25) is 10.0 Å². The van der Waals surface area contributed by atoms with Crippen molar-refractivity contribution in [2.24, 2.45) is 0 Å². The summed E-state index contributed by atoms with van der Waals surface area (Å²) in [5, 5.41) is 3.64. The molecule has 6 heteroatoms. The van der Waals surface area contributed by atoms with E-state index < -0.39 is 12.6 Å². The fraction of sp³-hybridized carbons (Fsp3) is 0.400. The molecule has 0 saturated heterocycles. The smallest absolute Gasteiger partial charge is 0.385 e. The fourth-order valence-electron chi connectivity index (χ4n) is 1.13. The molecule has 1 N–H and O–H groups in total. The molecular weight excluding hydrogens is 262 g/mol. The van der Waals surface area contributed by atoms with E-state index in [-0.39, 0.29) is 13.0 Å². The maximum Gasteiger partial charge on any atom is 0.389 e. The number of halogens is 5. The largest absolute Gasteiger partial charge is 0.389 e. The van der Waals surface area contributed by atoms with Crippen LogP contribution in [0.1, 0.15) is 12.8 Å². The van der Waals surface area contributed by atoms with E-state index >= 15 is 0 Å². The van der Waals surface area contributed by atoms with Gasteiger partial charge in [-0.05, 0) is 24.6 Å². The first kappa shape index (κ1) is 13.5. The Balaban J connectivity index is 2.35. The lowest BCUT2D eigenvalue weighted by molar-refractivity contribution is -0.134. The van der Waals surface area contributed by atoms with Gasteiger partial charge in [-0.15, -0.1) is 0 Å². The Morgan fingerprint density at radius 3 is 2.38 bits per heavy atom. The van der Waals surface area contributed by atoms with E-state index in [1.165, 1.54) is 0 Å².